The molecule has 17 heavy (non-hydrogen) atoms. The maximum absolute atomic E-state index is 10.0. The Morgan fingerprint density at radius 2 is 1.71 bits per heavy atom. The Kier molecular flexibility index (Phi) is 2.37. The Bertz CT molecular complexity index is 536. The molecule has 0 bridgehead atoms. The molecule has 0 spiro atoms. The lowest BCUT2D eigenvalue weighted by Crippen LogP contribution is -2.01. The second-order valence-electron chi connectivity index (χ2n) is 4.65. The predicted molar refractivity (Wildman–Crippen MR) is 68.9 cm³/mol. The number of nitrogens with two attached hydrogens (primary N) is 1. The number of aromatic hydroxyl groups is 1. The summed E-state index contributed by atoms with van der Waals surface area (Å²) < 4.78 is 0. The van der Waals surface area contributed by atoms with Gasteiger partial charge in [-0.15, -0.1) is 0 Å². The molecule has 0 unspecified atom stereocenters. The van der Waals surface area contributed by atoms with Crippen LogP contribution in [0.25, 0.3) is 11.1 Å². The molecule has 0 saturated heterocycles. The maximum atomic E-state index is 10.0. The number of hydrogen-bond donors (Lipinski definition) is 2. The van der Waals surface area contributed by atoms with Crippen molar-refractivity contribution in [3.63, 3.8) is 0 Å². The molecule has 2 atom stereocenters. The number of phenolic OH excluding ortho intramolecular Hbond substituents is 1. The first-order valence-corrected chi connectivity index (χ1v) is 5.89. The van der Waals surface area contributed by atoms with Gasteiger partial charge in [-0.25, -0.2) is 0 Å². The van der Waals surface area contributed by atoms with Crippen molar-refractivity contribution >= 4 is 0 Å². The van der Waals surface area contributed by atoms with Gasteiger partial charge in [0.2, 0.25) is 0 Å². The van der Waals surface area contributed by atoms with Crippen molar-refractivity contribution < 1.29 is 5.11 Å². The summed E-state index contributed by atoms with van der Waals surface area (Å²) in [5.74, 6) is 0.712. The van der Waals surface area contributed by atoms with Gasteiger partial charge in [0.15, 0.2) is 0 Å². The minimum absolute atomic E-state index is 0.225. The van der Waals surface area contributed by atoms with E-state index >= 15 is 0 Å². The molecule has 3 rings (SSSR count). The van der Waals surface area contributed by atoms with Crippen LogP contribution in [-0.2, 0) is 0 Å². The Labute approximate surface area is 101 Å². The Hall–Kier alpha value is -1.80. The van der Waals surface area contributed by atoms with Gasteiger partial charge in [0, 0.05) is 12.0 Å². The predicted octanol–water partition coefficient (Wildman–Crippen LogP) is 2.87. The van der Waals surface area contributed by atoms with E-state index in [2.05, 4.69) is 6.07 Å². The molecule has 1 fully saturated rings. The summed E-state index contributed by atoms with van der Waals surface area (Å²) in [5.41, 5.74) is 8.95. The van der Waals surface area contributed by atoms with Gasteiger partial charge in [0.05, 0.1) is 0 Å². The summed E-state index contributed by atoms with van der Waals surface area (Å²) >= 11 is 0. The van der Waals surface area contributed by atoms with Crippen LogP contribution < -0.4 is 5.73 Å². The average molecular weight is 225 g/mol. The van der Waals surface area contributed by atoms with Crippen LogP contribution in [0.1, 0.15) is 17.9 Å². The molecule has 0 amide bonds. The standard InChI is InChI=1S/C15H15NO/c16-14-9-13(14)12-7-6-11(8-15(12)17)10-4-2-1-3-5-10/h1-8,13-14,17H,9,16H2/t13-,14+/m1/s1. The van der Waals surface area contributed by atoms with E-state index in [4.69, 9.17) is 5.73 Å². The lowest BCUT2D eigenvalue weighted by molar-refractivity contribution is 0.468. The average Bonchev–Trinajstić information content (AvgIpc) is 3.07. The van der Waals surface area contributed by atoms with Crippen LogP contribution in [0.15, 0.2) is 48.5 Å². The smallest absolute Gasteiger partial charge is 0.119 e. The highest BCUT2D eigenvalue weighted by molar-refractivity contribution is 5.66. The van der Waals surface area contributed by atoms with Gasteiger partial charge in [0.25, 0.3) is 0 Å². The third kappa shape index (κ3) is 1.92. The zero-order valence-corrected chi connectivity index (χ0v) is 9.51. The summed E-state index contributed by atoms with van der Waals surface area (Å²) in [6, 6.07) is 16.2. The largest absolute Gasteiger partial charge is 0.508 e. The molecule has 2 heteroatoms. The van der Waals surface area contributed by atoms with Crippen LogP contribution in [0.2, 0.25) is 0 Å². The third-order valence-corrected chi connectivity index (χ3v) is 3.38. The number of rotatable bonds is 2. The fourth-order valence-electron chi connectivity index (χ4n) is 2.24. The molecule has 1 aliphatic rings. The second-order valence-corrected chi connectivity index (χ2v) is 4.65. The normalized spacial score (nSPS) is 22.4. The third-order valence-electron chi connectivity index (χ3n) is 3.38. The molecule has 0 aliphatic heterocycles. The summed E-state index contributed by atoms with van der Waals surface area (Å²) in [7, 11) is 0. The van der Waals surface area contributed by atoms with E-state index in [-0.39, 0.29) is 6.04 Å². The fraction of sp³-hybridized carbons (Fsp3) is 0.200. The van der Waals surface area contributed by atoms with Crippen molar-refractivity contribution in [1.82, 2.24) is 0 Å². The summed E-state index contributed by atoms with van der Waals surface area (Å²) in [6.07, 6.45) is 0.984. The van der Waals surface area contributed by atoms with Crippen molar-refractivity contribution in [3.8, 4) is 16.9 Å². The quantitative estimate of drug-likeness (QED) is 0.825. The molecule has 1 saturated carbocycles. The number of phenols is 1. The molecular formula is C15H15NO. The fourth-order valence-corrected chi connectivity index (χ4v) is 2.24. The topological polar surface area (TPSA) is 46.2 Å². The van der Waals surface area contributed by atoms with Gasteiger partial charge in [-0.2, -0.15) is 0 Å². The highest BCUT2D eigenvalue weighted by Crippen LogP contribution is 2.43. The van der Waals surface area contributed by atoms with Crippen molar-refractivity contribution in [3.05, 3.63) is 54.1 Å². The van der Waals surface area contributed by atoms with Gasteiger partial charge in [-0.05, 0) is 29.2 Å². The van der Waals surface area contributed by atoms with Gasteiger partial charge < -0.3 is 10.8 Å². The van der Waals surface area contributed by atoms with E-state index in [9.17, 15) is 5.11 Å². The van der Waals surface area contributed by atoms with Gasteiger partial charge >= 0.3 is 0 Å². The van der Waals surface area contributed by atoms with Crippen molar-refractivity contribution in [1.29, 1.82) is 0 Å². The number of benzene rings is 2. The van der Waals surface area contributed by atoms with Crippen LogP contribution in [-0.4, -0.2) is 11.1 Å². The SMILES string of the molecule is N[C@H]1C[C@@H]1c1ccc(-c2ccccc2)cc1O. The van der Waals surface area contributed by atoms with Crippen LogP contribution in [0.4, 0.5) is 0 Å². The zero-order valence-electron chi connectivity index (χ0n) is 9.51. The van der Waals surface area contributed by atoms with Crippen molar-refractivity contribution in [2.45, 2.75) is 18.4 Å². The lowest BCUT2D eigenvalue weighted by atomic mass is 10.0. The molecule has 1 aliphatic carbocycles. The molecule has 0 radical (unpaired) electrons. The highest BCUT2D eigenvalue weighted by Gasteiger charge is 2.36. The Balaban J connectivity index is 1.96. The maximum Gasteiger partial charge on any atom is 0.119 e. The molecule has 2 aromatic carbocycles. The molecule has 3 N–H and O–H groups in total. The highest BCUT2D eigenvalue weighted by atomic mass is 16.3. The summed E-state index contributed by atoms with van der Waals surface area (Å²) in [5, 5.41) is 10.0. The van der Waals surface area contributed by atoms with E-state index < -0.39 is 0 Å². The minimum Gasteiger partial charge on any atom is -0.508 e. The van der Waals surface area contributed by atoms with Crippen molar-refractivity contribution in [2.75, 3.05) is 0 Å². The van der Waals surface area contributed by atoms with E-state index in [1.54, 1.807) is 0 Å². The van der Waals surface area contributed by atoms with Crippen LogP contribution >= 0.6 is 0 Å². The van der Waals surface area contributed by atoms with Crippen LogP contribution in [0, 0.1) is 0 Å². The van der Waals surface area contributed by atoms with Crippen molar-refractivity contribution in [2.24, 2.45) is 5.73 Å². The minimum atomic E-state index is 0.225. The number of hydrogen-bond acceptors (Lipinski definition) is 2. The lowest BCUT2D eigenvalue weighted by Gasteiger charge is -2.07. The van der Waals surface area contributed by atoms with E-state index in [1.807, 2.05) is 42.5 Å². The van der Waals surface area contributed by atoms with Gasteiger partial charge in [-0.1, -0.05) is 42.5 Å². The first kappa shape index (κ1) is 10.4. The van der Waals surface area contributed by atoms with Crippen LogP contribution in [0.5, 0.6) is 5.75 Å². The van der Waals surface area contributed by atoms with E-state index in [1.165, 1.54) is 0 Å². The molecule has 0 aromatic heterocycles. The molecule has 2 nitrogen and oxygen atoms in total. The second kappa shape index (κ2) is 3.90. The monoisotopic (exact) mass is 225 g/mol. The first-order chi connectivity index (χ1) is 8.25. The van der Waals surface area contributed by atoms with E-state index in [0.29, 0.717) is 11.7 Å². The molecular weight excluding hydrogens is 210 g/mol. The summed E-state index contributed by atoms with van der Waals surface area (Å²) in [6.45, 7) is 0. The molecule has 2 aromatic rings. The van der Waals surface area contributed by atoms with Gasteiger partial charge in [-0.3, -0.25) is 0 Å². The van der Waals surface area contributed by atoms with Gasteiger partial charge in [0.1, 0.15) is 5.75 Å². The Morgan fingerprint density at radius 1 is 1.00 bits per heavy atom. The molecule has 86 valence electrons. The first-order valence-electron chi connectivity index (χ1n) is 5.89. The molecule has 0 heterocycles. The Morgan fingerprint density at radius 3 is 2.29 bits per heavy atom. The summed E-state index contributed by atoms with van der Waals surface area (Å²) in [4.78, 5) is 0. The van der Waals surface area contributed by atoms with Crippen LogP contribution in [0.3, 0.4) is 0 Å². The van der Waals surface area contributed by atoms with E-state index in [0.717, 1.165) is 23.1 Å². The zero-order chi connectivity index (χ0) is 11.8.